The fraction of sp³-hybridized carbons (Fsp3) is 0.977. The van der Waals surface area contributed by atoms with Crippen LogP contribution < -0.4 is 11.1 Å². The highest BCUT2D eigenvalue weighted by Crippen LogP contribution is 2.37. The third-order valence-corrected chi connectivity index (χ3v) is 13.9. The molecule has 0 spiro atoms. The third-order valence-electron chi connectivity index (χ3n) is 13.9. The first kappa shape index (κ1) is 62.4. The van der Waals surface area contributed by atoms with Gasteiger partial charge >= 0.3 is 0 Å². The van der Waals surface area contributed by atoms with Gasteiger partial charge in [-0.3, -0.25) is 4.79 Å². The van der Waals surface area contributed by atoms with Gasteiger partial charge in [-0.2, -0.15) is 0 Å². The average Bonchev–Trinajstić information content (AvgIpc) is 3.39. The molecule has 6 fully saturated rings. The van der Waals surface area contributed by atoms with Gasteiger partial charge in [-0.1, -0.05) is 0 Å². The number of hydrogen-bond donors (Lipinski definition) is 18. The van der Waals surface area contributed by atoms with Crippen LogP contribution in [0.1, 0.15) is 33.1 Å². The number of nitrogens with one attached hydrogen (secondary N) is 1. The van der Waals surface area contributed by atoms with E-state index in [0.29, 0.717) is 25.8 Å². The Morgan fingerprint density at radius 3 is 1.48 bits per heavy atom. The summed E-state index contributed by atoms with van der Waals surface area (Å²) >= 11 is 0. The van der Waals surface area contributed by atoms with E-state index in [1.165, 1.54) is 6.92 Å². The summed E-state index contributed by atoms with van der Waals surface area (Å²) in [6.45, 7) is -2.47. The Hall–Kier alpha value is -1.76. The number of alkyl halides is 1. The van der Waals surface area contributed by atoms with Crippen LogP contribution in [0.5, 0.6) is 0 Å². The first-order valence-corrected chi connectivity index (χ1v) is 24.6. The molecular formula is C43H75FN2O29. The Labute approximate surface area is 427 Å². The number of amides is 1. The van der Waals surface area contributed by atoms with Gasteiger partial charge in [0.15, 0.2) is 37.7 Å². The number of nitrogens with two attached hydrogens (primary N) is 1. The van der Waals surface area contributed by atoms with Crippen molar-refractivity contribution < 1.29 is 148 Å². The second-order valence-corrected chi connectivity index (χ2v) is 19.1. The lowest BCUT2D eigenvalue weighted by Gasteiger charge is -2.51. The van der Waals surface area contributed by atoms with Crippen LogP contribution in [0.2, 0.25) is 0 Å². The first-order valence-electron chi connectivity index (χ1n) is 24.6. The van der Waals surface area contributed by atoms with E-state index in [9.17, 15) is 90.9 Å². The number of unbranched alkanes of at least 4 members (excludes halogenated alkanes) is 2. The Kier molecular flexibility index (Phi) is 23.4. The van der Waals surface area contributed by atoms with Gasteiger partial charge in [0.1, 0.15) is 147 Å². The standard InChI is InChI=1S/C43H75FN2O29/c1-13-21(52)25(56)29(60)40(65-13)75-37-26(57)22(53)16(9-47)69-43(37)73-35-20(46-14(2)51)38(67-17(10-48)23(35)54)74-36-24(55)18(11-49)68-42(32(36)63)72-34-19(12-50)70-41(31(62)28(34)59)71-33-15(8-44)66-39(30(61)27(33)58)64-7-5-3-4-6-45/h13,15-43,47-50,52-63H,3-12,45H2,1-2H3,(H,46,51)/t13?,15?,16?,17?,18?,19?,20-,21+,22-,23-,24-,25?,26?,27?,28?,29-,30-,31-,32?,33+,34-,35?,36-,37-,38-,39+,40-,41-,42+,43-/m0/s1. The second-order valence-electron chi connectivity index (χ2n) is 19.1. The molecule has 0 radical (unpaired) electrons. The molecule has 0 aromatic carbocycles. The molecule has 438 valence electrons. The van der Waals surface area contributed by atoms with Crippen molar-refractivity contribution in [3.8, 4) is 0 Å². The van der Waals surface area contributed by atoms with Gasteiger partial charge in [0.25, 0.3) is 0 Å². The van der Waals surface area contributed by atoms with E-state index in [-0.39, 0.29) is 6.61 Å². The van der Waals surface area contributed by atoms with Crippen LogP contribution in [-0.2, 0) is 61.6 Å². The van der Waals surface area contributed by atoms with Crippen LogP contribution >= 0.6 is 0 Å². The van der Waals surface area contributed by atoms with Gasteiger partial charge in [0.2, 0.25) is 5.91 Å². The number of aliphatic hydroxyl groups is 16. The minimum atomic E-state index is -2.22. The molecule has 0 aromatic rings. The smallest absolute Gasteiger partial charge is 0.217 e. The van der Waals surface area contributed by atoms with E-state index >= 15 is 0 Å². The quantitative estimate of drug-likeness (QED) is 0.0448. The highest BCUT2D eigenvalue weighted by molar-refractivity contribution is 5.73. The number of hydrogen-bond acceptors (Lipinski definition) is 30. The molecule has 31 nitrogen and oxygen atoms in total. The molecular weight excluding hydrogens is 1030 g/mol. The number of halogens is 1. The Bertz CT molecular complexity index is 1720. The van der Waals surface area contributed by atoms with E-state index in [1.54, 1.807) is 0 Å². The lowest BCUT2D eigenvalue weighted by atomic mass is 9.94. The number of rotatable bonds is 22. The maximum absolute atomic E-state index is 14.3. The molecule has 6 saturated heterocycles. The maximum atomic E-state index is 14.3. The molecule has 6 aliphatic heterocycles. The fourth-order valence-corrected chi connectivity index (χ4v) is 9.56. The lowest BCUT2D eigenvalue weighted by Crippen LogP contribution is -2.70. The van der Waals surface area contributed by atoms with Gasteiger partial charge in [0.05, 0.1) is 32.5 Å². The predicted molar refractivity (Wildman–Crippen MR) is 235 cm³/mol. The molecule has 0 saturated carbocycles. The van der Waals surface area contributed by atoms with Crippen molar-refractivity contribution in [1.82, 2.24) is 5.32 Å². The zero-order valence-corrected chi connectivity index (χ0v) is 40.8. The van der Waals surface area contributed by atoms with Crippen LogP contribution in [0, 0.1) is 0 Å². The Morgan fingerprint density at radius 2 is 0.893 bits per heavy atom. The molecule has 6 heterocycles. The van der Waals surface area contributed by atoms with Crippen molar-refractivity contribution in [3.63, 3.8) is 0 Å². The van der Waals surface area contributed by atoms with Crippen molar-refractivity contribution in [2.24, 2.45) is 5.73 Å². The number of carbonyl (C=O) groups excluding carboxylic acids is 1. The molecule has 19 N–H and O–H groups in total. The summed E-state index contributed by atoms with van der Waals surface area (Å²) in [5, 5.41) is 176. The molecule has 0 aliphatic carbocycles. The van der Waals surface area contributed by atoms with Crippen molar-refractivity contribution in [2.45, 2.75) is 217 Å². The maximum Gasteiger partial charge on any atom is 0.217 e. The average molecular weight is 1100 g/mol. The number of aliphatic hydroxyl groups excluding tert-OH is 16. The van der Waals surface area contributed by atoms with Crippen molar-refractivity contribution in [3.05, 3.63) is 0 Å². The van der Waals surface area contributed by atoms with Crippen molar-refractivity contribution in [1.29, 1.82) is 0 Å². The zero-order valence-electron chi connectivity index (χ0n) is 40.8. The van der Waals surface area contributed by atoms with E-state index < -0.39 is 223 Å². The molecule has 12 unspecified atom stereocenters. The summed E-state index contributed by atoms with van der Waals surface area (Å²) in [7, 11) is 0. The van der Waals surface area contributed by atoms with E-state index in [4.69, 9.17) is 62.6 Å². The van der Waals surface area contributed by atoms with Gasteiger partial charge in [0, 0.05) is 13.5 Å². The highest BCUT2D eigenvalue weighted by Gasteiger charge is 2.58. The molecule has 0 bridgehead atoms. The molecule has 6 aliphatic rings. The Balaban J connectivity index is 1.20. The summed E-state index contributed by atoms with van der Waals surface area (Å²) in [5.74, 6) is -0.865. The lowest BCUT2D eigenvalue weighted by molar-refractivity contribution is -0.393. The summed E-state index contributed by atoms with van der Waals surface area (Å²) < 4.78 is 83.1. The fourth-order valence-electron chi connectivity index (χ4n) is 9.56. The molecule has 6 rings (SSSR count). The summed E-state index contributed by atoms with van der Waals surface area (Å²) in [4.78, 5) is 12.8. The highest BCUT2D eigenvalue weighted by atomic mass is 19.1. The van der Waals surface area contributed by atoms with E-state index in [1.807, 2.05) is 0 Å². The number of carbonyl (C=O) groups is 1. The van der Waals surface area contributed by atoms with Gasteiger partial charge in [-0.05, 0) is 32.7 Å². The van der Waals surface area contributed by atoms with Crippen LogP contribution in [-0.4, -0.2) is 318 Å². The van der Waals surface area contributed by atoms with Crippen LogP contribution in [0.4, 0.5) is 4.39 Å². The molecule has 32 heteroatoms. The minimum absolute atomic E-state index is 0.0705. The van der Waals surface area contributed by atoms with Gasteiger partial charge in [-0.15, -0.1) is 0 Å². The van der Waals surface area contributed by atoms with Crippen LogP contribution in [0.3, 0.4) is 0 Å². The third kappa shape index (κ3) is 14.1. The monoisotopic (exact) mass is 1100 g/mol. The van der Waals surface area contributed by atoms with Crippen LogP contribution in [0.15, 0.2) is 0 Å². The van der Waals surface area contributed by atoms with Gasteiger partial charge < -0.3 is 150 Å². The minimum Gasteiger partial charge on any atom is -0.394 e. The molecule has 30 atom stereocenters. The zero-order chi connectivity index (χ0) is 55.2. The molecule has 75 heavy (non-hydrogen) atoms. The first-order chi connectivity index (χ1) is 35.7. The van der Waals surface area contributed by atoms with Crippen molar-refractivity contribution in [2.75, 3.05) is 46.3 Å². The summed E-state index contributed by atoms with van der Waals surface area (Å²) in [5.41, 5.74) is 5.49. The molecule has 0 aromatic heterocycles. The number of ether oxygens (including phenoxy) is 12. The van der Waals surface area contributed by atoms with Crippen LogP contribution in [0.25, 0.3) is 0 Å². The molecule has 1 amide bonds. The van der Waals surface area contributed by atoms with E-state index in [0.717, 1.165) is 6.92 Å². The predicted octanol–water partition coefficient (Wildman–Crippen LogP) is -10.8. The summed E-state index contributed by atoms with van der Waals surface area (Å²) in [6, 6.07) is -1.79. The largest absolute Gasteiger partial charge is 0.394 e. The summed E-state index contributed by atoms with van der Waals surface area (Å²) in [6.07, 6.45) is -52.2. The Morgan fingerprint density at radius 1 is 0.453 bits per heavy atom. The second kappa shape index (κ2) is 28.1. The topological polar surface area (TPSA) is 490 Å². The van der Waals surface area contributed by atoms with Gasteiger partial charge in [-0.25, -0.2) is 4.39 Å². The van der Waals surface area contributed by atoms with Crippen molar-refractivity contribution >= 4 is 5.91 Å². The normalized spacial score (nSPS) is 48.9. The SMILES string of the molecule is CC(=O)N[C@H]1C(O[C@@H]2OC(CO)[C@H](O)C(O)[C@@H]2O[C@@H]2OC(C)[C@@H](O)C(O)[C@@H]2O)[C@@H](O)C(CO)O[C@H]1O[C@@H]1C(O)[C@@H](O[C@H]2C(CO)O[C@@H](O[C@@H]3C(CF)O[C@@H](OCCCCCN)[C@@H](O)C3O)[C@@H](O)C2O)OC(CO)[C@@H]1O. The van der Waals surface area contributed by atoms with E-state index in [2.05, 4.69) is 5.32 Å².